The number of hydrogen-bond acceptors (Lipinski definition) is 2. The minimum atomic E-state index is -0.546. The van der Waals surface area contributed by atoms with Gasteiger partial charge in [-0.15, -0.1) is 6.58 Å². The highest BCUT2D eigenvalue weighted by Gasteiger charge is 2.08. The summed E-state index contributed by atoms with van der Waals surface area (Å²) in [4.78, 5) is 11.5. The van der Waals surface area contributed by atoms with Crippen LogP contribution in [-0.4, -0.2) is 12.5 Å². The van der Waals surface area contributed by atoms with E-state index in [1.54, 1.807) is 12.1 Å². The highest BCUT2D eigenvalue weighted by molar-refractivity contribution is 6.01. The van der Waals surface area contributed by atoms with E-state index in [4.69, 9.17) is 5.26 Å². The van der Waals surface area contributed by atoms with Crippen LogP contribution >= 0.6 is 0 Å². The largest absolute Gasteiger partial charge is 0.348 e. The number of carbonyl (C=O) groups is 1. The van der Waals surface area contributed by atoms with Crippen LogP contribution in [0, 0.1) is 17.1 Å². The molecule has 0 heterocycles. The maximum atomic E-state index is 13.3. The van der Waals surface area contributed by atoms with Crippen molar-refractivity contribution in [3.63, 3.8) is 0 Å². The molecule has 1 N–H and O–H groups in total. The van der Waals surface area contributed by atoms with Gasteiger partial charge in [0.2, 0.25) is 0 Å². The molecule has 0 aromatic heterocycles. The average molecular weight is 230 g/mol. The van der Waals surface area contributed by atoms with E-state index in [0.717, 1.165) is 0 Å². The first kappa shape index (κ1) is 12.7. The lowest BCUT2D eigenvalue weighted by Crippen LogP contribution is -2.24. The Balaban J connectivity index is 2.95. The van der Waals surface area contributed by atoms with Crippen molar-refractivity contribution in [2.24, 2.45) is 0 Å². The fraction of sp³-hybridized carbons (Fsp3) is 0.0769. The molecule has 0 spiro atoms. The van der Waals surface area contributed by atoms with Gasteiger partial charge in [0, 0.05) is 12.1 Å². The van der Waals surface area contributed by atoms with E-state index < -0.39 is 11.7 Å². The van der Waals surface area contributed by atoms with Gasteiger partial charge in [-0.1, -0.05) is 24.3 Å². The Morgan fingerprint density at radius 1 is 1.53 bits per heavy atom. The van der Waals surface area contributed by atoms with Crippen LogP contribution in [-0.2, 0) is 4.79 Å². The van der Waals surface area contributed by atoms with Gasteiger partial charge in [-0.05, 0) is 12.1 Å². The molecule has 0 aliphatic rings. The molecular formula is C13H11FN2O. The van der Waals surface area contributed by atoms with Gasteiger partial charge < -0.3 is 5.32 Å². The first-order chi connectivity index (χ1) is 8.19. The highest BCUT2D eigenvalue weighted by Crippen LogP contribution is 2.11. The van der Waals surface area contributed by atoms with Gasteiger partial charge in [0.1, 0.15) is 17.5 Å². The van der Waals surface area contributed by atoms with Crippen molar-refractivity contribution in [2.45, 2.75) is 0 Å². The molecule has 1 amide bonds. The lowest BCUT2D eigenvalue weighted by Gasteiger charge is -2.01. The van der Waals surface area contributed by atoms with Gasteiger partial charge in [0.05, 0.1) is 0 Å². The Kier molecular flexibility index (Phi) is 4.64. The van der Waals surface area contributed by atoms with E-state index in [0.29, 0.717) is 0 Å². The van der Waals surface area contributed by atoms with Crippen molar-refractivity contribution in [3.8, 4) is 6.07 Å². The summed E-state index contributed by atoms with van der Waals surface area (Å²) in [5, 5.41) is 11.3. The van der Waals surface area contributed by atoms with Crippen molar-refractivity contribution in [1.29, 1.82) is 5.26 Å². The van der Waals surface area contributed by atoms with E-state index >= 15 is 0 Å². The molecule has 1 aromatic rings. The van der Waals surface area contributed by atoms with Crippen LogP contribution in [0.25, 0.3) is 6.08 Å². The SMILES string of the molecule is C=CCNC(=O)C(C#N)=Cc1ccccc1F. The van der Waals surface area contributed by atoms with Gasteiger partial charge in [0.25, 0.3) is 5.91 Å². The Bertz CT molecular complexity index is 500. The summed E-state index contributed by atoms with van der Waals surface area (Å²) in [5.74, 6) is -1.02. The zero-order chi connectivity index (χ0) is 12.7. The number of benzene rings is 1. The molecule has 0 aliphatic carbocycles. The number of halogens is 1. The van der Waals surface area contributed by atoms with Crippen molar-refractivity contribution in [3.05, 3.63) is 53.9 Å². The van der Waals surface area contributed by atoms with Crippen molar-refractivity contribution in [1.82, 2.24) is 5.32 Å². The number of nitrogens with zero attached hydrogens (tertiary/aromatic N) is 1. The fourth-order valence-corrected chi connectivity index (χ4v) is 1.16. The number of carbonyl (C=O) groups excluding carboxylic acids is 1. The summed E-state index contributed by atoms with van der Waals surface area (Å²) in [6, 6.07) is 7.66. The maximum absolute atomic E-state index is 13.3. The number of nitrogens with one attached hydrogen (secondary N) is 1. The molecule has 0 aliphatic heterocycles. The molecule has 0 unspecified atom stereocenters. The number of rotatable bonds is 4. The lowest BCUT2D eigenvalue weighted by molar-refractivity contribution is -0.116. The van der Waals surface area contributed by atoms with Crippen molar-refractivity contribution in [2.75, 3.05) is 6.54 Å². The second-order valence-electron chi connectivity index (χ2n) is 3.19. The molecule has 1 aromatic carbocycles. The minimum Gasteiger partial charge on any atom is -0.348 e. The molecule has 0 radical (unpaired) electrons. The van der Waals surface area contributed by atoms with Crippen molar-refractivity contribution >= 4 is 12.0 Å². The first-order valence-corrected chi connectivity index (χ1v) is 4.94. The van der Waals surface area contributed by atoms with E-state index in [2.05, 4.69) is 11.9 Å². The fourth-order valence-electron chi connectivity index (χ4n) is 1.16. The quantitative estimate of drug-likeness (QED) is 0.489. The Morgan fingerprint density at radius 3 is 2.82 bits per heavy atom. The molecule has 0 fully saturated rings. The maximum Gasteiger partial charge on any atom is 0.262 e. The van der Waals surface area contributed by atoms with Gasteiger partial charge in [-0.3, -0.25) is 4.79 Å². The molecule has 86 valence electrons. The molecule has 0 atom stereocenters. The van der Waals surface area contributed by atoms with Gasteiger partial charge in [-0.2, -0.15) is 5.26 Å². The second kappa shape index (κ2) is 6.23. The number of amides is 1. The molecular weight excluding hydrogens is 219 g/mol. The van der Waals surface area contributed by atoms with Crippen LogP contribution in [0.5, 0.6) is 0 Å². The summed E-state index contributed by atoms with van der Waals surface area (Å²) < 4.78 is 13.3. The van der Waals surface area contributed by atoms with E-state index in [1.807, 2.05) is 0 Å². The summed E-state index contributed by atoms with van der Waals surface area (Å²) >= 11 is 0. The topological polar surface area (TPSA) is 52.9 Å². The molecule has 1 rings (SSSR count). The summed E-state index contributed by atoms with van der Waals surface area (Å²) in [7, 11) is 0. The van der Waals surface area contributed by atoms with Crippen LogP contribution in [0.3, 0.4) is 0 Å². The molecule has 0 saturated heterocycles. The van der Waals surface area contributed by atoms with Crippen LogP contribution in [0.2, 0.25) is 0 Å². The van der Waals surface area contributed by atoms with Crippen LogP contribution < -0.4 is 5.32 Å². The zero-order valence-corrected chi connectivity index (χ0v) is 9.11. The summed E-state index contributed by atoms with van der Waals surface area (Å²) in [5.41, 5.74) is 0.0646. The third-order valence-corrected chi connectivity index (χ3v) is 1.98. The molecule has 4 heteroatoms. The van der Waals surface area contributed by atoms with Crippen molar-refractivity contribution < 1.29 is 9.18 Å². The Hall–Kier alpha value is -2.41. The molecule has 0 saturated carbocycles. The third-order valence-electron chi connectivity index (χ3n) is 1.98. The van der Waals surface area contributed by atoms with Crippen LogP contribution in [0.1, 0.15) is 5.56 Å². The molecule has 17 heavy (non-hydrogen) atoms. The number of nitriles is 1. The van der Waals surface area contributed by atoms with Gasteiger partial charge >= 0.3 is 0 Å². The van der Waals surface area contributed by atoms with Gasteiger partial charge in [-0.25, -0.2) is 4.39 Å². The lowest BCUT2D eigenvalue weighted by atomic mass is 10.1. The molecule has 0 bridgehead atoms. The first-order valence-electron chi connectivity index (χ1n) is 4.94. The monoisotopic (exact) mass is 230 g/mol. The summed E-state index contributed by atoms with van der Waals surface area (Å²) in [6.07, 6.45) is 2.71. The second-order valence-corrected chi connectivity index (χ2v) is 3.19. The Labute approximate surface area is 98.9 Å². The normalized spacial score (nSPS) is 10.5. The number of hydrogen-bond donors (Lipinski definition) is 1. The summed E-state index contributed by atoms with van der Waals surface area (Å²) in [6.45, 7) is 3.70. The van der Waals surface area contributed by atoms with E-state index in [1.165, 1.54) is 30.4 Å². The zero-order valence-electron chi connectivity index (χ0n) is 9.11. The third kappa shape index (κ3) is 3.58. The van der Waals surface area contributed by atoms with Crippen LogP contribution in [0.15, 0.2) is 42.5 Å². The van der Waals surface area contributed by atoms with E-state index in [9.17, 15) is 9.18 Å². The van der Waals surface area contributed by atoms with Crippen LogP contribution in [0.4, 0.5) is 4.39 Å². The minimum absolute atomic E-state index is 0.142. The van der Waals surface area contributed by atoms with E-state index in [-0.39, 0.29) is 17.7 Å². The highest BCUT2D eigenvalue weighted by atomic mass is 19.1. The Morgan fingerprint density at radius 2 is 2.24 bits per heavy atom. The predicted octanol–water partition coefficient (Wildman–Crippen LogP) is 2.03. The predicted molar refractivity (Wildman–Crippen MR) is 63.2 cm³/mol. The average Bonchev–Trinajstić information content (AvgIpc) is 2.35. The van der Waals surface area contributed by atoms with Gasteiger partial charge in [0.15, 0.2) is 0 Å². The molecule has 3 nitrogen and oxygen atoms in total. The standard InChI is InChI=1S/C13H11FN2O/c1-2-7-16-13(17)11(9-15)8-10-5-3-4-6-12(10)14/h2-6,8H,1,7H2,(H,16,17). The smallest absolute Gasteiger partial charge is 0.262 e.